The molecule has 2 aromatic heterocycles. The molecule has 2 heterocycles. The molecule has 0 bridgehead atoms. The summed E-state index contributed by atoms with van der Waals surface area (Å²) in [6.07, 6.45) is 0. The second kappa shape index (κ2) is 16.2. The zero-order valence-electron chi connectivity index (χ0n) is 38.2. The Balaban J connectivity index is 0.883. The van der Waals surface area contributed by atoms with E-state index in [1.54, 1.807) is 0 Å². The minimum atomic E-state index is -0.465. The van der Waals surface area contributed by atoms with Crippen molar-refractivity contribution in [1.29, 1.82) is 0 Å². The first-order valence-corrected chi connectivity index (χ1v) is 24.9. The fourth-order valence-corrected chi connectivity index (χ4v) is 12.6. The third-order valence-corrected chi connectivity index (χ3v) is 15.9. The topological polar surface area (TPSA) is 8.17 Å². The molecule has 1 aliphatic carbocycles. The van der Waals surface area contributed by atoms with Crippen molar-refractivity contribution >= 4 is 70.4 Å². The van der Waals surface area contributed by atoms with Gasteiger partial charge >= 0.3 is 0 Å². The lowest BCUT2D eigenvalue weighted by Gasteiger charge is -2.34. The number of benzene rings is 11. The summed E-state index contributed by atoms with van der Waals surface area (Å²) in [6.45, 7) is 0. The molecule has 0 saturated carbocycles. The number of nitrogens with zero attached hydrogens (tertiary/aromatic N) is 2. The molecule has 0 radical (unpaired) electrons. The minimum Gasteiger partial charge on any atom is -0.310 e. The lowest BCUT2D eigenvalue weighted by atomic mass is 9.68. The molecule has 0 saturated heterocycles. The van der Waals surface area contributed by atoms with E-state index in [-0.39, 0.29) is 0 Å². The summed E-state index contributed by atoms with van der Waals surface area (Å²) in [6, 6.07) is 98.5. The molecule has 0 N–H and O–H groups in total. The van der Waals surface area contributed by atoms with Crippen molar-refractivity contribution in [3.8, 4) is 39.1 Å². The van der Waals surface area contributed by atoms with E-state index < -0.39 is 5.41 Å². The average molecular weight is 909 g/mol. The van der Waals surface area contributed by atoms with Crippen LogP contribution in [0, 0.1) is 0 Å². The van der Waals surface area contributed by atoms with Crippen molar-refractivity contribution in [1.82, 2.24) is 4.57 Å². The maximum absolute atomic E-state index is 2.42. The van der Waals surface area contributed by atoms with Crippen LogP contribution in [0.3, 0.4) is 0 Å². The van der Waals surface area contributed by atoms with E-state index in [4.69, 9.17) is 0 Å². The van der Waals surface area contributed by atoms with Crippen LogP contribution < -0.4 is 4.90 Å². The third kappa shape index (κ3) is 6.25. The Morgan fingerprint density at radius 2 is 0.786 bits per heavy atom. The van der Waals surface area contributed by atoms with Crippen LogP contribution in [0.5, 0.6) is 0 Å². The summed E-state index contributed by atoms with van der Waals surface area (Å²) < 4.78 is 5.02. The first-order valence-electron chi connectivity index (χ1n) is 24.1. The monoisotopic (exact) mass is 908 g/mol. The molecule has 2 nitrogen and oxygen atoms in total. The fraction of sp³-hybridized carbons (Fsp3) is 0.0149. The number of hydrogen-bond donors (Lipinski definition) is 0. The van der Waals surface area contributed by atoms with Gasteiger partial charge in [0.15, 0.2) is 0 Å². The van der Waals surface area contributed by atoms with Crippen molar-refractivity contribution < 1.29 is 0 Å². The molecule has 13 aromatic rings. The number of rotatable bonds is 8. The summed E-state index contributed by atoms with van der Waals surface area (Å²) in [4.78, 5) is 2.42. The highest BCUT2D eigenvalue weighted by Gasteiger charge is 2.46. The summed E-state index contributed by atoms with van der Waals surface area (Å²) in [5.74, 6) is 0. The van der Waals surface area contributed by atoms with Crippen LogP contribution in [-0.2, 0) is 5.41 Å². The van der Waals surface area contributed by atoms with Gasteiger partial charge in [-0.3, -0.25) is 0 Å². The molecule has 0 spiro atoms. The van der Waals surface area contributed by atoms with E-state index in [0.29, 0.717) is 0 Å². The van der Waals surface area contributed by atoms with Gasteiger partial charge in [-0.15, -0.1) is 11.3 Å². The van der Waals surface area contributed by atoms with Gasteiger partial charge in [0, 0.05) is 53.7 Å². The van der Waals surface area contributed by atoms with E-state index in [1.165, 1.54) is 97.6 Å². The predicted molar refractivity (Wildman–Crippen MR) is 297 cm³/mol. The highest BCUT2D eigenvalue weighted by Crippen LogP contribution is 2.57. The molecule has 0 amide bonds. The number of para-hydroxylation sites is 2. The van der Waals surface area contributed by atoms with Gasteiger partial charge in [-0.2, -0.15) is 0 Å². The summed E-state index contributed by atoms with van der Waals surface area (Å²) >= 11 is 1.86. The smallest absolute Gasteiger partial charge is 0.0713 e. The van der Waals surface area contributed by atoms with Gasteiger partial charge in [0.25, 0.3) is 0 Å². The predicted octanol–water partition coefficient (Wildman–Crippen LogP) is 18.3. The van der Waals surface area contributed by atoms with Gasteiger partial charge in [-0.25, -0.2) is 0 Å². The standard InChI is InChI=1S/C67H44N2S/c1-3-15-49(16-4-1)67(50-17-5-2-6-18-50)61-23-11-7-19-55(61)59-44-54(40-41-62(59)67)68(52-36-31-47(32-37-52)48-33-42-66-60(43-48)58-22-10-14-26-65(58)70-66)51-34-27-45(28-35-51)46-29-38-53(39-30-46)69-63-24-12-8-20-56(63)57-21-9-13-25-64(57)69/h1-44H. The van der Waals surface area contributed by atoms with E-state index in [1.807, 2.05) is 11.3 Å². The number of anilines is 3. The van der Waals surface area contributed by atoms with Crippen molar-refractivity contribution in [2.75, 3.05) is 4.90 Å². The Labute approximate surface area is 411 Å². The molecular formula is C67H44N2S. The van der Waals surface area contributed by atoms with Gasteiger partial charge in [0.05, 0.1) is 16.4 Å². The Kier molecular flexibility index (Phi) is 9.33. The zero-order valence-corrected chi connectivity index (χ0v) is 39.0. The van der Waals surface area contributed by atoms with E-state index in [0.717, 1.165) is 22.7 Å². The van der Waals surface area contributed by atoms with Gasteiger partial charge in [-0.05, 0) is 134 Å². The average Bonchev–Trinajstić information content (AvgIpc) is 4.08. The van der Waals surface area contributed by atoms with Crippen molar-refractivity contribution in [2.24, 2.45) is 0 Å². The SMILES string of the molecule is c1ccc(C2(c3ccccc3)c3ccccc3-c3cc(N(c4ccc(-c5ccc(-n6c7ccccc7c7ccccc76)cc5)cc4)c4ccc(-c5ccc6sc7ccccc7c6c5)cc4)ccc32)cc1. The van der Waals surface area contributed by atoms with Crippen molar-refractivity contribution in [3.05, 3.63) is 289 Å². The highest BCUT2D eigenvalue weighted by molar-refractivity contribution is 7.25. The quantitative estimate of drug-likeness (QED) is 0.147. The maximum atomic E-state index is 2.42. The molecule has 3 heteroatoms. The van der Waals surface area contributed by atoms with Crippen LogP contribution in [0.4, 0.5) is 17.1 Å². The van der Waals surface area contributed by atoms with Crippen LogP contribution in [0.25, 0.3) is 81.0 Å². The fourth-order valence-electron chi connectivity index (χ4n) is 11.5. The molecule has 70 heavy (non-hydrogen) atoms. The number of thiophene rings is 1. The Hall–Kier alpha value is -8.76. The Bertz CT molecular complexity index is 4000. The van der Waals surface area contributed by atoms with Crippen LogP contribution in [-0.4, -0.2) is 4.57 Å². The molecule has 0 atom stereocenters. The Morgan fingerprint density at radius 1 is 0.314 bits per heavy atom. The van der Waals surface area contributed by atoms with Gasteiger partial charge in [-0.1, -0.05) is 188 Å². The normalized spacial score (nSPS) is 12.7. The second-order valence-electron chi connectivity index (χ2n) is 18.4. The number of hydrogen-bond acceptors (Lipinski definition) is 2. The van der Waals surface area contributed by atoms with Gasteiger partial charge in [0.2, 0.25) is 0 Å². The molecule has 0 fully saturated rings. The molecule has 11 aromatic carbocycles. The van der Waals surface area contributed by atoms with Crippen LogP contribution in [0.2, 0.25) is 0 Å². The summed E-state index contributed by atoms with van der Waals surface area (Å²) in [5.41, 5.74) is 18.8. The highest BCUT2D eigenvalue weighted by atomic mass is 32.1. The molecule has 1 aliphatic rings. The zero-order chi connectivity index (χ0) is 46.2. The third-order valence-electron chi connectivity index (χ3n) is 14.7. The van der Waals surface area contributed by atoms with E-state index in [2.05, 4.69) is 276 Å². The largest absolute Gasteiger partial charge is 0.310 e. The second-order valence-corrected chi connectivity index (χ2v) is 19.5. The number of aromatic nitrogens is 1. The van der Waals surface area contributed by atoms with Crippen LogP contribution in [0.15, 0.2) is 267 Å². The minimum absolute atomic E-state index is 0.465. The first kappa shape index (κ1) is 40.3. The maximum Gasteiger partial charge on any atom is 0.0713 e. The molecule has 0 aliphatic heterocycles. The van der Waals surface area contributed by atoms with E-state index >= 15 is 0 Å². The van der Waals surface area contributed by atoms with Gasteiger partial charge < -0.3 is 9.47 Å². The number of fused-ring (bicyclic) bond motifs is 9. The Morgan fingerprint density at radius 3 is 1.43 bits per heavy atom. The summed E-state index contributed by atoms with van der Waals surface area (Å²) in [5, 5.41) is 5.16. The lowest BCUT2D eigenvalue weighted by molar-refractivity contribution is 0.768. The lowest BCUT2D eigenvalue weighted by Crippen LogP contribution is -2.28. The molecule has 14 rings (SSSR count). The van der Waals surface area contributed by atoms with Crippen LogP contribution in [0.1, 0.15) is 22.3 Å². The molecule has 328 valence electrons. The first-order chi connectivity index (χ1) is 34.7. The molecule has 0 unspecified atom stereocenters. The summed E-state index contributed by atoms with van der Waals surface area (Å²) in [7, 11) is 0. The van der Waals surface area contributed by atoms with Gasteiger partial charge in [0.1, 0.15) is 0 Å². The van der Waals surface area contributed by atoms with E-state index in [9.17, 15) is 0 Å². The van der Waals surface area contributed by atoms with Crippen LogP contribution >= 0.6 is 11.3 Å². The molecular weight excluding hydrogens is 865 g/mol. The van der Waals surface area contributed by atoms with Crippen molar-refractivity contribution in [3.63, 3.8) is 0 Å². The van der Waals surface area contributed by atoms with Crippen molar-refractivity contribution in [2.45, 2.75) is 5.41 Å².